The van der Waals surface area contributed by atoms with Gasteiger partial charge in [-0.05, 0) is 30.3 Å². The van der Waals surface area contributed by atoms with Gasteiger partial charge in [-0.1, -0.05) is 34.1 Å². The van der Waals surface area contributed by atoms with E-state index in [4.69, 9.17) is 0 Å². The van der Waals surface area contributed by atoms with Crippen molar-refractivity contribution in [1.82, 2.24) is 14.5 Å². The fourth-order valence-electron chi connectivity index (χ4n) is 2.86. The number of halogens is 1. The van der Waals surface area contributed by atoms with E-state index in [1.54, 1.807) is 30.3 Å². The molecule has 0 amide bonds. The molecule has 7 nitrogen and oxygen atoms in total. The van der Waals surface area contributed by atoms with Crippen LogP contribution >= 0.6 is 15.9 Å². The van der Waals surface area contributed by atoms with E-state index in [0.717, 1.165) is 9.99 Å². The summed E-state index contributed by atoms with van der Waals surface area (Å²) in [6.45, 7) is 3.93. The molecule has 0 fully saturated rings. The molecule has 0 bridgehead atoms. The summed E-state index contributed by atoms with van der Waals surface area (Å²) in [6, 6.07) is 12.5. The second-order valence-electron chi connectivity index (χ2n) is 5.85. The number of rotatable bonds is 4. The minimum Gasteiger partial charge on any atom is -0.493 e. The van der Waals surface area contributed by atoms with Crippen molar-refractivity contribution in [2.75, 3.05) is 0 Å². The molecule has 0 saturated carbocycles. The Morgan fingerprint density at radius 1 is 1.22 bits per heavy atom. The number of para-hydroxylation sites is 1. The molecule has 0 atom stereocenters. The molecule has 0 unspecified atom stereocenters. The fraction of sp³-hybridized carbons (Fsp3) is 0.0526. The summed E-state index contributed by atoms with van der Waals surface area (Å²) in [5.41, 5.74) is 1.31. The zero-order chi connectivity index (χ0) is 19.0. The number of hydrogen-bond donors (Lipinski definition) is 2. The summed E-state index contributed by atoms with van der Waals surface area (Å²) >= 11 is 3.40. The molecular weight excluding hydrogens is 410 g/mol. The molecule has 2 aromatic heterocycles. The lowest BCUT2D eigenvalue weighted by Crippen LogP contribution is -2.20. The molecule has 134 valence electrons. The maximum absolute atomic E-state index is 12.7. The quantitative estimate of drug-likeness (QED) is 0.359. The normalized spacial score (nSPS) is 11.6. The average molecular weight is 424 g/mol. The SMILES string of the molecule is C=CCn1c(N=Nc2c(O)[nH]c3ccc(Br)cc23)nc2ccccc2c1=O. The highest BCUT2D eigenvalue weighted by atomic mass is 79.9. The van der Waals surface area contributed by atoms with E-state index in [1.807, 2.05) is 18.2 Å². The van der Waals surface area contributed by atoms with Crippen molar-refractivity contribution in [2.45, 2.75) is 6.54 Å². The highest BCUT2D eigenvalue weighted by Gasteiger charge is 2.13. The second-order valence-corrected chi connectivity index (χ2v) is 6.76. The first-order valence-corrected chi connectivity index (χ1v) is 8.90. The van der Waals surface area contributed by atoms with Crippen LogP contribution in [0.15, 0.2) is 74.6 Å². The van der Waals surface area contributed by atoms with Gasteiger partial charge < -0.3 is 10.1 Å². The lowest BCUT2D eigenvalue weighted by Gasteiger charge is -2.07. The summed E-state index contributed by atoms with van der Waals surface area (Å²) in [5, 5.41) is 19.7. The molecule has 0 radical (unpaired) electrons. The second kappa shape index (κ2) is 6.81. The zero-order valence-electron chi connectivity index (χ0n) is 14.1. The van der Waals surface area contributed by atoms with Crippen LogP contribution in [0.3, 0.4) is 0 Å². The summed E-state index contributed by atoms with van der Waals surface area (Å²) in [5.74, 6) is 0.0348. The first-order valence-electron chi connectivity index (χ1n) is 8.11. The summed E-state index contributed by atoms with van der Waals surface area (Å²) in [7, 11) is 0. The molecule has 0 saturated heterocycles. The van der Waals surface area contributed by atoms with Gasteiger partial charge in [0.15, 0.2) is 5.69 Å². The van der Waals surface area contributed by atoms with Gasteiger partial charge in [-0.3, -0.25) is 9.36 Å². The fourth-order valence-corrected chi connectivity index (χ4v) is 3.22. The van der Waals surface area contributed by atoms with Crippen LogP contribution < -0.4 is 5.56 Å². The van der Waals surface area contributed by atoms with Crippen LogP contribution in [0, 0.1) is 0 Å². The summed E-state index contributed by atoms with van der Waals surface area (Å²) in [4.78, 5) is 20.0. The minimum absolute atomic E-state index is 0.106. The number of benzene rings is 2. The number of aromatic nitrogens is 3. The van der Waals surface area contributed by atoms with Crippen molar-refractivity contribution >= 4 is 49.4 Å². The molecule has 2 N–H and O–H groups in total. The van der Waals surface area contributed by atoms with Crippen molar-refractivity contribution in [3.63, 3.8) is 0 Å². The predicted molar refractivity (Wildman–Crippen MR) is 108 cm³/mol. The Hall–Kier alpha value is -3.26. The molecule has 4 rings (SSSR count). The molecule has 27 heavy (non-hydrogen) atoms. The first kappa shape index (κ1) is 17.2. The van der Waals surface area contributed by atoms with Crippen LogP contribution in [-0.2, 0) is 6.54 Å². The number of fused-ring (bicyclic) bond motifs is 2. The van der Waals surface area contributed by atoms with E-state index in [0.29, 0.717) is 16.3 Å². The van der Waals surface area contributed by atoms with Gasteiger partial charge in [0.05, 0.1) is 16.4 Å². The number of nitrogens with one attached hydrogen (secondary N) is 1. The van der Waals surface area contributed by atoms with Gasteiger partial charge in [0.1, 0.15) is 0 Å². The Morgan fingerprint density at radius 3 is 2.85 bits per heavy atom. The van der Waals surface area contributed by atoms with Gasteiger partial charge in [-0.2, -0.15) is 0 Å². The van der Waals surface area contributed by atoms with E-state index in [9.17, 15) is 9.90 Å². The number of allylic oxidation sites excluding steroid dienone is 1. The highest BCUT2D eigenvalue weighted by molar-refractivity contribution is 9.10. The smallest absolute Gasteiger partial charge is 0.263 e. The number of aromatic hydroxyl groups is 1. The Morgan fingerprint density at radius 2 is 2.04 bits per heavy atom. The van der Waals surface area contributed by atoms with Crippen molar-refractivity contribution in [3.8, 4) is 5.88 Å². The molecule has 2 aromatic carbocycles. The molecule has 0 spiro atoms. The van der Waals surface area contributed by atoms with E-state index >= 15 is 0 Å². The van der Waals surface area contributed by atoms with Gasteiger partial charge in [-0.15, -0.1) is 16.8 Å². The highest BCUT2D eigenvalue weighted by Crippen LogP contribution is 2.37. The van der Waals surface area contributed by atoms with Gasteiger partial charge in [0.2, 0.25) is 5.88 Å². The van der Waals surface area contributed by atoms with Crippen molar-refractivity contribution in [3.05, 3.63) is 69.9 Å². The molecular formula is C19H14BrN5O2. The van der Waals surface area contributed by atoms with E-state index in [-0.39, 0.29) is 29.6 Å². The zero-order valence-corrected chi connectivity index (χ0v) is 15.6. The van der Waals surface area contributed by atoms with Crippen LogP contribution in [0.5, 0.6) is 5.88 Å². The standard InChI is InChI=1S/C19H14BrN5O2/c1-2-9-25-18(27)12-5-3-4-6-14(12)22-19(25)24-23-16-13-10-11(20)7-8-15(13)21-17(16)26/h2-8,10,21,26H,1,9H2. The maximum Gasteiger partial charge on any atom is 0.263 e. The first-order chi connectivity index (χ1) is 13.1. The topological polar surface area (TPSA) is 95.6 Å². The number of hydrogen-bond acceptors (Lipinski definition) is 5. The van der Waals surface area contributed by atoms with Crippen LogP contribution in [0.1, 0.15) is 0 Å². The lowest BCUT2D eigenvalue weighted by molar-refractivity contribution is 0.459. The monoisotopic (exact) mass is 423 g/mol. The largest absolute Gasteiger partial charge is 0.493 e. The average Bonchev–Trinajstić information content (AvgIpc) is 2.97. The van der Waals surface area contributed by atoms with Gasteiger partial charge >= 0.3 is 0 Å². The molecule has 8 heteroatoms. The molecule has 0 aliphatic rings. The number of nitrogens with zero attached hydrogens (tertiary/aromatic N) is 4. The minimum atomic E-state index is -0.222. The molecule has 0 aliphatic carbocycles. The van der Waals surface area contributed by atoms with Crippen LogP contribution in [0.25, 0.3) is 21.8 Å². The van der Waals surface area contributed by atoms with Gasteiger partial charge in [0, 0.05) is 16.4 Å². The molecule has 0 aliphatic heterocycles. The predicted octanol–water partition coefficient (Wildman–Crippen LogP) is 4.95. The van der Waals surface area contributed by atoms with Crippen molar-refractivity contribution in [1.29, 1.82) is 0 Å². The van der Waals surface area contributed by atoms with E-state index in [2.05, 4.69) is 42.7 Å². The van der Waals surface area contributed by atoms with Crippen LogP contribution in [0.4, 0.5) is 11.6 Å². The summed E-state index contributed by atoms with van der Waals surface area (Å²) in [6.07, 6.45) is 1.59. The van der Waals surface area contributed by atoms with E-state index in [1.165, 1.54) is 4.57 Å². The Balaban J connectivity index is 1.90. The van der Waals surface area contributed by atoms with Gasteiger partial charge in [0.25, 0.3) is 11.5 Å². The maximum atomic E-state index is 12.7. The lowest BCUT2D eigenvalue weighted by atomic mass is 10.2. The third kappa shape index (κ3) is 3.04. The number of H-pyrrole nitrogens is 1. The third-order valence-corrected chi connectivity index (χ3v) is 4.60. The number of aromatic amines is 1. The molecule has 2 heterocycles. The Labute approximate surface area is 161 Å². The molecule has 4 aromatic rings. The third-order valence-electron chi connectivity index (χ3n) is 4.11. The summed E-state index contributed by atoms with van der Waals surface area (Å²) < 4.78 is 2.23. The van der Waals surface area contributed by atoms with Crippen LogP contribution in [-0.4, -0.2) is 19.6 Å². The number of azo groups is 1. The van der Waals surface area contributed by atoms with Crippen molar-refractivity contribution in [2.24, 2.45) is 10.2 Å². The Bertz CT molecular complexity index is 1270. The van der Waals surface area contributed by atoms with Crippen LogP contribution in [0.2, 0.25) is 0 Å². The van der Waals surface area contributed by atoms with Crippen molar-refractivity contribution < 1.29 is 5.11 Å². The van der Waals surface area contributed by atoms with Gasteiger partial charge in [-0.25, -0.2) is 4.98 Å². The van der Waals surface area contributed by atoms with E-state index < -0.39 is 0 Å². The Kier molecular flexibility index (Phi) is 4.33.